The molecule has 118 valence electrons. The highest BCUT2D eigenvalue weighted by atomic mass is 35.5. The van der Waals surface area contributed by atoms with E-state index in [1.54, 1.807) is 31.2 Å². The minimum absolute atomic E-state index is 0.170. The quantitative estimate of drug-likeness (QED) is 0.733. The predicted octanol–water partition coefficient (Wildman–Crippen LogP) is 1.36. The Kier molecular flexibility index (Phi) is 3.65. The lowest BCUT2D eigenvalue weighted by Crippen LogP contribution is -2.34. The molecular formula is C15H13ClN4O3. The van der Waals surface area contributed by atoms with Gasteiger partial charge in [0.15, 0.2) is 5.78 Å². The van der Waals surface area contributed by atoms with E-state index in [0.29, 0.717) is 16.3 Å². The Labute approximate surface area is 135 Å². The molecule has 0 radical (unpaired) electrons. The molecule has 1 N–H and O–H groups in total. The van der Waals surface area contributed by atoms with E-state index in [2.05, 4.69) is 9.97 Å². The highest BCUT2D eigenvalue weighted by Crippen LogP contribution is 2.21. The third kappa shape index (κ3) is 2.49. The lowest BCUT2D eigenvalue weighted by Gasteiger charge is -2.10. The lowest BCUT2D eigenvalue weighted by molar-refractivity contribution is 0.0964. The second-order valence-electron chi connectivity index (χ2n) is 5.21. The molecular weight excluding hydrogens is 320 g/mol. The number of benzene rings is 1. The van der Waals surface area contributed by atoms with E-state index < -0.39 is 17.3 Å². The molecule has 0 bridgehead atoms. The Morgan fingerprint density at radius 2 is 1.87 bits per heavy atom. The number of aromatic nitrogens is 4. The van der Waals surface area contributed by atoms with Gasteiger partial charge in [-0.2, -0.15) is 0 Å². The molecule has 0 spiro atoms. The van der Waals surface area contributed by atoms with Crippen molar-refractivity contribution in [1.82, 2.24) is 18.9 Å². The first kappa shape index (κ1) is 15.2. The van der Waals surface area contributed by atoms with Crippen LogP contribution in [0.1, 0.15) is 28.9 Å². The lowest BCUT2D eigenvalue weighted by atomic mass is 9.97. The number of aromatic amines is 1. The molecule has 8 heteroatoms. The molecule has 23 heavy (non-hydrogen) atoms. The van der Waals surface area contributed by atoms with Crippen molar-refractivity contribution in [1.29, 1.82) is 0 Å². The molecule has 1 unspecified atom stereocenters. The van der Waals surface area contributed by atoms with E-state index in [-0.39, 0.29) is 11.6 Å². The summed E-state index contributed by atoms with van der Waals surface area (Å²) >= 11 is 5.82. The van der Waals surface area contributed by atoms with Crippen molar-refractivity contribution in [2.75, 3.05) is 0 Å². The van der Waals surface area contributed by atoms with Crippen molar-refractivity contribution in [3.63, 3.8) is 0 Å². The average molecular weight is 333 g/mol. The van der Waals surface area contributed by atoms with Gasteiger partial charge in [0, 0.05) is 17.6 Å². The van der Waals surface area contributed by atoms with Crippen LogP contribution in [0, 0.1) is 0 Å². The predicted molar refractivity (Wildman–Crippen MR) is 85.3 cm³/mol. The van der Waals surface area contributed by atoms with E-state index in [9.17, 15) is 14.4 Å². The number of aryl methyl sites for hydroxylation is 1. The Hall–Kier alpha value is -2.67. The monoisotopic (exact) mass is 332 g/mol. The summed E-state index contributed by atoms with van der Waals surface area (Å²) in [6, 6.07) is 6.52. The fourth-order valence-electron chi connectivity index (χ4n) is 2.43. The molecule has 0 amide bonds. The topological polar surface area (TPSA) is 89.2 Å². The first-order valence-electron chi connectivity index (χ1n) is 6.86. The van der Waals surface area contributed by atoms with Crippen LogP contribution in [0.2, 0.25) is 5.02 Å². The molecule has 0 saturated heterocycles. The van der Waals surface area contributed by atoms with Crippen LogP contribution in [0.15, 0.2) is 40.1 Å². The molecule has 7 nitrogen and oxygen atoms in total. The summed E-state index contributed by atoms with van der Waals surface area (Å²) in [4.78, 5) is 42.5. The fourth-order valence-corrected chi connectivity index (χ4v) is 2.55. The van der Waals surface area contributed by atoms with Crippen LogP contribution in [0.4, 0.5) is 0 Å². The van der Waals surface area contributed by atoms with Crippen molar-refractivity contribution in [2.24, 2.45) is 7.05 Å². The number of carbonyl (C=O) groups excluding carboxylic acids is 1. The van der Waals surface area contributed by atoms with Crippen LogP contribution in [-0.2, 0) is 7.05 Å². The summed E-state index contributed by atoms with van der Waals surface area (Å²) in [5.74, 6) is -0.592. The summed E-state index contributed by atoms with van der Waals surface area (Å²) in [5.41, 5.74) is -0.280. The third-order valence-corrected chi connectivity index (χ3v) is 4.01. The van der Waals surface area contributed by atoms with Crippen LogP contribution < -0.4 is 11.4 Å². The second-order valence-corrected chi connectivity index (χ2v) is 5.64. The fraction of sp³-hybridized carbons (Fsp3) is 0.200. The van der Waals surface area contributed by atoms with Gasteiger partial charge in [-0.25, -0.2) is 19.0 Å². The van der Waals surface area contributed by atoms with Gasteiger partial charge in [-0.05, 0) is 31.2 Å². The van der Waals surface area contributed by atoms with Gasteiger partial charge in [-0.1, -0.05) is 11.6 Å². The Morgan fingerprint density at radius 1 is 1.22 bits per heavy atom. The molecule has 2 heterocycles. The first-order chi connectivity index (χ1) is 10.9. The van der Waals surface area contributed by atoms with Gasteiger partial charge < -0.3 is 0 Å². The normalized spacial score (nSPS) is 12.5. The molecule has 0 aliphatic carbocycles. The SMILES string of the molecule is CC(C(=O)c1ccc(Cl)cc1)c1cnc2n(C)c(=O)[nH]c(=O)n12. The summed E-state index contributed by atoms with van der Waals surface area (Å²) in [5, 5.41) is 0.537. The number of imidazole rings is 1. The minimum atomic E-state index is -0.619. The van der Waals surface area contributed by atoms with Gasteiger partial charge in [0.05, 0.1) is 17.8 Å². The molecule has 0 saturated carbocycles. The first-order valence-corrected chi connectivity index (χ1v) is 7.24. The van der Waals surface area contributed by atoms with E-state index in [1.807, 2.05) is 0 Å². The zero-order valence-electron chi connectivity index (χ0n) is 12.4. The Balaban J connectivity index is 2.11. The van der Waals surface area contributed by atoms with E-state index >= 15 is 0 Å². The maximum atomic E-state index is 12.6. The summed E-state index contributed by atoms with van der Waals surface area (Å²) in [7, 11) is 1.50. The van der Waals surface area contributed by atoms with Gasteiger partial charge in [-0.3, -0.25) is 14.3 Å². The van der Waals surface area contributed by atoms with Gasteiger partial charge >= 0.3 is 11.4 Å². The van der Waals surface area contributed by atoms with E-state index in [4.69, 9.17) is 11.6 Å². The molecule has 3 rings (SSSR count). The van der Waals surface area contributed by atoms with Crippen LogP contribution in [0.3, 0.4) is 0 Å². The number of Topliss-reactive ketones (excluding diaryl/α,β-unsaturated/α-hetero) is 1. The smallest absolute Gasteiger partial charge is 0.293 e. The van der Waals surface area contributed by atoms with Crippen LogP contribution in [-0.4, -0.2) is 24.7 Å². The largest absolute Gasteiger partial charge is 0.336 e. The second kappa shape index (κ2) is 5.51. The molecule has 0 fully saturated rings. The molecule has 3 aromatic rings. The number of H-pyrrole nitrogens is 1. The highest BCUT2D eigenvalue weighted by molar-refractivity contribution is 6.30. The van der Waals surface area contributed by atoms with Crippen molar-refractivity contribution >= 4 is 23.2 Å². The number of nitrogens with one attached hydrogen (secondary N) is 1. The van der Waals surface area contributed by atoms with Crippen molar-refractivity contribution < 1.29 is 4.79 Å². The number of halogens is 1. The van der Waals surface area contributed by atoms with Gasteiger partial charge in [-0.15, -0.1) is 0 Å². The highest BCUT2D eigenvalue weighted by Gasteiger charge is 2.22. The summed E-state index contributed by atoms with van der Waals surface area (Å²) < 4.78 is 2.45. The molecule has 0 aliphatic heterocycles. The van der Waals surface area contributed by atoms with Crippen LogP contribution in [0.25, 0.3) is 5.78 Å². The van der Waals surface area contributed by atoms with Crippen LogP contribution >= 0.6 is 11.6 Å². The average Bonchev–Trinajstić information content (AvgIpc) is 2.97. The number of nitrogens with zero attached hydrogens (tertiary/aromatic N) is 3. The van der Waals surface area contributed by atoms with Gasteiger partial charge in [0.2, 0.25) is 5.78 Å². The van der Waals surface area contributed by atoms with Crippen molar-refractivity contribution in [2.45, 2.75) is 12.8 Å². The van der Waals surface area contributed by atoms with E-state index in [0.717, 1.165) is 0 Å². The zero-order valence-corrected chi connectivity index (χ0v) is 13.2. The Morgan fingerprint density at radius 3 is 2.52 bits per heavy atom. The zero-order chi connectivity index (χ0) is 16.7. The number of fused-ring (bicyclic) bond motifs is 1. The summed E-state index contributed by atoms with van der Waals surface area (Å²) in [6.07, 6.45) is 1.43. The van der Waals surface area contributed by atoms with Gasteiger partial charge in [0.25, 0.3) is 0 Å². The standard InChI is InChI=1S/C15H13ClN4O3/c1-8(12(21)9-3-5-10(16)6-4-9)11-7-17-13-19(2)14(22)18-15(23)20(11)13/h3-8H,1-2H3,(H,18,22,23). The molecule has 0 aliphatic rings. The summed E-state index contributed by atoms with van der Waals surface area (Å²) in [6.45, 7) is 1.69. The minimum Gasteiger partial charge on any atom is -0.293 e. The van der Waals surface area contributed by atoms with Crippen molar-refractivity contribution in [3.8, 4) is 0 Å². The maximum Gasteiger partial charge on any atom is 0.336 e. The number of ketones is 1. The maximum absolute atomic E-state index is 12.6. The third-order valence-electron chi connectivity index (χ3n) is 3.76. The van der Waals surface area contributed by atoms with E-state index in [1.165, 1.54) is 22.2 Å². The molecule has 1 atom stereocenters. The number of hydrogen-bond acceptors (Lipinski definition) is 4. The van der Waals surface area contributed by atoms with Crippen molar-refractivity contribution in [3.05, 3.63) is 67.7 Å². The number of rotatable bonds is 3. The molecule has 1 aromatic carbocycles. The van der Waals surface area contributed by atoms with Gasteiger partial charge in [0.1, 0.15) is 0 Å². The number of carbonyl (C=O) groups is 1. The molecule has 2 aromatic heterocycles. The van der Waals surface area contributed by atoms with Crippen LogP contribution in [0.5, 0.6) is 0 Å². The number of hydrogen-bond donors (Lipinski definition) is 1. The Bertz CT molecular complexity index is 1010.